The molecule has 0 aliphatic heterocycles. The molecule has 0 saturated heterocycles. The van der Waals surface area contributed by atoms with Gasteiger partial charge < -0.3 is 21.9 Å². The normalized spacial score (nSPS) is 11.9. The third-order valence-corrected chi connectivity index (χ3v) is 4.95. The number of hydrazine groups is 1. The topological polar surface area (TPSA) is 178 Å². The van der Waals surface area contributed by atoms with E-state index >= 15 is 0 Å². The molecule has 9 N–H and O–H groups in total. The Morgan fingerprint density at radius 3 is 2.36 bits per heavy atom. The summed E-state index contributed by atoms with van der Waals surface area (Å²) >= 11 is 0. The molecule has 2 aromatic rings. The minimum Gasteiger partial charge on any atom is -0.358 e. The maximum atomic E-state index is 12.0. The fraction of sp³-hybridized carbons (Fsp3) is 0.176. The molecule has 28 heavy (non-hydrogen) atoms. The van der Waals surface area contributed by atoms with Gasteiger partial charge in [0, 0.05) is 19.2 Å². The molecule has 150 valence electrons. The van der Waals surface area contributed by atoms with E-state index in [1.165, 1.54) is 6.07 Å². The molecule has 0 unspecified atom stereocenters. The van der Waals surface area contributed by atoms with Crippen molar-refractivity contribution in [3.8, 4) is 11.1 Å². The van der Waals surface area contributed by atoms with Crippen molar-refractivity contribution in [3.63, 3.8) is 0 Å². The van der Waals surface area contributed by atoms with Crippen molar-refractivity contribution in [2.75, 3.05) is 13.6 Å². The largest absolute Gasteiger partial charge is 0.358 e. The van der Waals surface area contributed by atoms with E-state index in [0.29, 0.717) is 17.7 Å². The van der Waals surface area contributed by atoms with E-state index in [9.17, 15) is 13.2 Å². The second-order valence-corrected chi connectivity index (χ2v) is 7.35. The second-order valence-electron chi connectivity index (χ2n) is 5.82. The van der Waals surface area contributed by atoms with Crippen molar-refractivity contribution in [1.82, 2.24) is 16.1 Å². The van der Waals surface area contributed by atoms with Crippen LogP contribution < -0.4 is 32.9 Å². The predicted octanol–water partition coefficient (Wildman–Crippen LogP) is -1.08. The van der Waals surface area contributed by atoms with Crippen molar-refractivity contribution < 1.29 is 13.2 Å². The first kappa shape index (κ1) is 21.3. The van der Waals surface area contributed by atoms with Gasteiger partial charge in [0.1, 0.15) is 0 Å². The number of nitrogens with one attached hydrogen (secondary N) is 3. The van der Waals surface area contributed by atoms with E-state index < -0.39 is 10.0 Å². The van der Waals surface area contributed by atoms with E-state index in [1.807, 2.05) is 24.3 Å². The molecule has 0 fully saturated rings. The minimum absolute atomic E-state index is 0.0176. The highest BCUT2D eigenvalue weighted by atomic mass is 32.2. The van der Waals surface area contributed by atoms with Crippen LogP contribution in [0.15, 0.2) is 52.5 Å². The van der Waals surface area contributed by atoms with Crippen LogP contribution in [0.4, 0.5) is 0 Å². The molecule has 0 bridgehead atoms. The summed E-state index contributed by atoms with van der Waals surface area (Å²) in [6.45, 7) is 0.703. The lowest BCUT2D eigenvalue weighted by Crippen LogP contribution is -2.34. The molecule has 2 aromatic carbocycles. The lowest BCUT2D eigenvalue weighted by molar-refractivity contribution is -0.119. The summed E-state index contributed by atoms with van der Waals surface area (Å²) in [6.07, 6.45) is 0. The summed E-state index contributed by atoms with van der Waals surface area (Å²) in [4.78, 5) is 11.1. The van der Waals surface area contributed by atoms with Crippen LogP contribution in [-0.4, -0.2) is 33.8 Å². The van der Waals surface area contributed by atoms with Crippen molar-refractivity contribution in [3.05, 3.63) is 53.6 Å². The average Bonchev–Trinajstić information content (AvgIpc) is 2.68. The van der Waals surface area contributed by atoms with Crippen LogP contribution in [-0.2, 0) is 21.4 Å². The molecule has 0 atom stereocenters. The number of likely N-dealkylation sites (N-methyl/N-ethyl adjacent to an activating group) is 1. The summed E-state index contributed by atoms with van der Waals surface area (Å²) in [7, 11) is -2.47. The number of amidine groups is 1. The number of carbonyl (C=O) groups excluding carboxylic acids is 1. The third kappa shape index (κ3) is 5.04. The lowest BCUT2D eigenvalue weighted by atomic mass is 9.98. The predicted molar refractivity (Wildman–Crippen MR) is 107 cm³/mol. The monoisotopic (exact) mass is 405 g/mol. The Hall–Kier alpha value is -2.99. The Bertz CT molecular complexity index is 973. The van der Waals surface area contributed by atoms with Crippen LogP contribution in [0.25, 0.3) is 11.1 Å². The van der Waals surface area contributed by atoms with E-state index in [-0.39, 0.29) is 28.7 Å². The average molecular weight is 405 g/mol. The van der Waals surface area contributed by atoms with Crippen molar-refractivity contribution >= 4 is 21.8 Å². The summed E-state index contributed by atoms with van der Waals surface area (Å²) in [5.41, 5.74) is 4.69. The molecule has 0 aliphatic carbocycles. The van der Waals surface area contributed by atoms with Gasteiger partial charge in [-0.2, -0.15) is 5.10 Å². The maximum absolute atomic E-state index is 12.0. The standard InChI is InChI=1S/C17H23N7O3S/c1-21-15(25)10-22-9-11-5-7-12(8-6-11)13-3-2-4-14(28(20,26)27)16(13)17(23-18)24-19/h2-8,22H,9-10,18-19H2,1H3,(H,21,25)(H,23,24)(H2,20,26,27). The summed E-state index contributed by atoms with van der Waals surface area (Å²) in [5, 5.41) is 14.4. The van der Waals surface area contributed by atoms with Gasteiger partial charge in [0.2, 0.25) is 15.9 Å². The smallest absolute Gasteiger partial charge is 0.238 e. The van der Waals surface area contributed by atoms with Gasteiger partial charge in [-0.3, -0.25) is 4.79 Å². The van der Waals surface area contributed by atoms with Gasteiger partial charge in [0.15, 0.2) is 5.84 Å². The van der Waals surface area contributed by atoms with E-state index in [4.69, 9.17) is 16.8 Å². The number of benzene rings is 2. The molecule has 1 amide bonds. The molecule has 0 saturated carbocycles. The van der Waals surface area contributed by atoms with Gasteiger partial charge in [-0.1, -0.05) is 36.4 Å². The lowest BCUT2D eigenvalue weighted by Gasteiger charge is -2.15. The Kier molecular flexibility index (Phi) is 7.06. The summed E-state index contributed by atoms with van der Waals surface area (Å²) < 4.78 is 24.0. The maximum Gasteiger partial charge on any atom is 0.238 e. The molecular formula is C17H23N7O3S. The number of amides is 1. The van der Waals surface area contributed by atoms with E-state index in [1.54, 1.807) is 19.2 Å². The number of sulfonamides is 1. The molecule has 0 heterocycles. The highest BCUT2D eigenvalue weighted by Gasteiger charge is 2.22. The van der Waals surface area contributed by atoms with Gasteiger partial charge in [-0.05, 0) is 22.8 Å². The van der Waals surface area contributed by atoms with Crippen molar-refractivity contribution in [2.45, 2.75) is 11.4 Å². The highest BCUT2D eigenvalue weighted by Crippen LogP contribution is 2.29. The fourth-order valence-corrected chi connectivity index (χ4v) is 3.40. The number of hydrogen-bond acceptors (Lipinski definition) is 7. The van der Waals surface area contributed by atoms with Gasteiger partial charge >= 0.3 is 0 Å². The number of nitrogens with two attached hydrogens (primary N) is 3. The fourth-order valence-electron chi connectivity index (χ4n) is 2.64. The molecule has 0 aliphatic rings. The first-order chi connectivity index (χ1) is 13.3. The van der Waals surface area contributed by atoms with E-state index in [0.717, 1.165) is 5.56 Å². The Balaban J connectivity index is 2.41. The number of hydrogen-bond donors (Lipinski definition) is 6. The van der Waals surface area contributed by atoms with Crippen LogP contribution >= 0.6 is 0 Å². The van der Waals surface area contributed by atoms with Gasteiger partial charge in [-0.25, -0.2) is 19.4 Å². The quantitative estimate of drug-likeness (QED) is 0.147. The van der Waals surface area contributed by atoms with Crippen LogP contribution in [0, 0.1) is 0 Å². The van der Waals surface area contributed by atoms with Crippen LogP contribution in [0.1, 0.15) is 11.1 Å². The number of carbonyl (C=O) groups is 1. The summed E-state index contributed by atoms with van der Waals surface area (Å²) in [5.74, 6) is 10.7. The van der Waals surface area contributed by atoms with Gasteiger partial charge in [-0.15, -0.1) is 0 Å². The SMILES string of the molecule is CNC(=O)CNCc1ccc(-c2cccc(S(N)(=O)=O)c2C(=NN)NN)cc1. The molecule has 0 aromatic heterocycles. The molecule has 10 nitrogen and oxygen atoms in total. The second kappa shape index (κ2) is 9.28. The van der Waals surface area contributed by atoms with Gasteiger partial charge in [0.05, 0.1) is 11.4 Å². The zero-order valence-electron chi connectivity index (χ0n) is 15.3. The zero-order valence-corrected chi connectivity index (χ0v) is 16.1. The third-order valence-electron chi connectivity index (χ3n) is 3.99. The number of rotatable bonds is 7. The summed E-state index contributed by atoms with van der Waals surface area (Å²) in [6, 6.07) is 12.0. The molecule has 2 rings (SSSR count). The molecule has 11 heteroatoms. The number of nitrogens with zero attached hydrogens (tertiary/aromatic N) is 1. The van der Waals surface area contributed by atoms with Crippen molar-refractivity contribution in [1.29, 1.82) is 0 Å². The first-order valence-corrected chi connectivity index (χ1v) is 9.77. The Morgan fingerprint density at radius 1 is 1.14 bits per heavy atom. The number of hydrazone groups is 1. The Labute approximate surface area is 163 Å². The molecular weight excluding hydrogens is 382 g/mol. The zero-order chi connectivity index (χ0) is 20.7. The Morgan fingerprint density at radius 2 is 1.82 bits per heavy atom. The number of primary sulfonamides is 1. The van der Waals surface area contributed by atoms with Crippen molar-refractivity contribution in [2.24, 2.45) is 21.9 Å². The van der Waals surface area contributed by atoms with E-state index in [2.05, 4.69) is 21.2 Å². The highest BCUT2D eigenvalue weighted by molar-refractivity contribution is 7.89. The van der Waals surface area contributed by atoms with Crippen LogP contribution in [0.5, 0.6) is 0 Å². The first-order valence-electron chi connectivity index (χ1n) is 8.23. The van der Waals surface area contributed by atoms with Crippen LogP contribution in [0.2, 0.25) is 0 Å². The molecule has 0 radical (unpaired) electrons. The molecule has 0 spiro atoms. The van der Waals surface area contributed by atoms with Gasteiger partial charge in [0.25, 0.3) is 0 Å². The van der Waals surface area contributed by atoms with Crippen LogP contribution in [0.3, 0.4) is 0 Å². The minimum atomic E-state index is -4.04.